The van der Waals surface area contributed by atoms with E-state index in [0.29, 0.717) is 6.04 Å². The molecule has 0 radical (unpaired) electrons. The quantitative estimate of drug-likeness (QED) is 0.877. The van der Waals surface area contributed by atoms with Gasteiger partial charge in [0.1, 0.15) is 0 Å². The molecule has 0 amide bonds. The topological polar surface area (TPSA) is 15.3 Å². The molecule has 1 aliphatic rings. The number of nitrogens with zero attached hydrogens (tertiary/aromatic N) is 1. The van der Waals surface area contributed by atoms with E-state index in [1.807, 2.05) is 11.3 Å². The van der Waals surface area contributed by atoms with Crippen LogP contribution < -0.4 is 5.32 Å². The highest BCUT2D eigenvalue weighted by atomic mass is 79.9. The van der Waals surface area contributed by atoms with Crippen LogP contribution in [0.4, 0.5) is 0 Å². The first-order valence-electron chi connectivity index (χ1n) is 7.49. The van der Waals surface area contributed by atoms with Crippen molar-refractivity contribution in [3.05, 3.63) is 56.2 Å². The van der Waals surface area contributed by atoms with Gasteiger partial charge in [-0.3, -0.25) is 4.90 Å². The van der Waals surface area contributed by atoms with Gasteiger partial charge in [0.25, 0.3) is 0 Å². The minimum Gasteiger partial charge on any atom is -0.315 e. The highest BCUT2D eigenvalue weighted by molar-refractivity contribution is 9.10. The fourth-order valence-corrected chi connectivity index (χ4v) is 4.24. The number of hydrogen-bond acceptors (Lipinski definition) is 3. The third kappa shape index (κ3) is 3.75. The Bertz CT molecular complexity index is 571. The molecule has 0 saturated carbocycles. The molecule has 1 aliphatic heterocycles. The maximum absolute atomic E-state index is 3.54. The van der Waals surface area contributed by atoms with Crippen LogP contribution in [-0.4, -0.2) is 31.1 Å². The number of hydrogen-bond donors (Lipinski definition) is 1. The molecule has 1 unspecified atom stereocenters. The Labute approximate surface area is 139 Å². The van der Waals surface area contributed by atoms with Crippen LogP contribution >= 0.6 is 27.3 Å². The van der Waals surface area contributed by atoms with Gasteiger partial charge in [-0.1, -0.05) is 28.1 Å². The minimum atomic E-state index is 0.386. The first-order valence-corrected chi connectivity index (χ1v) is 9.16. The number of rotatable bonds is 3. The Balaban J connectivity index is 1.95. The Morgan fingerprint density at radius 3 is 2.71 bits per heavy atom. The van der Waals surface area contributed by atoms with Crippen molar-refractivity contribution >= 4 is 27.3 Å². The summed E-state index contributed by atoms with van der Waals surface area (Å²) in [4.78, 5) is 4.07. The molecule has 2 heterocycles. The van der Waals surface area contributed by atoms with Crippen molar-refractivity contribution < 1.29 is 0 Å². The molecule has 0 bridgehead atoms. The summed E-state index contributed by atoms with van der Waals surface area (Å²) in [5.74, 6) is 0. The van der Waals surface area contributed by atoms with E-state index in [1.54, 1.807) is 0 Å². The standard InChI is InChI=1S/C17H21BrN2S/c1-13-11-16(21-12-13)17(14-3-5-15(18)6-4-14)20-9-2-7-19-8-10-20/h3-6,11-12,17,19H,2,7-10H2,1H3. The van der Waals surface area contributed by atoms with E-state index in [1.165, 1.54) is 22.4 Å². The average molecular weight is 365 g/mol. The van der Waals surface area contributed by atoms with E-state index >= 15 is 0 Å². The van der Waals surface area contributed by atoms with Gasteiger partial charge in [-0.2, -0.15) is 0 Å². The highest BCUT2D eigenvalue weighted by Crippen LogP contribution is 2.33. The third-order valence-corrected chi connectivity index (χ3v) is 5.58. The van der Waals surface area contributed by atoms with Crippen LogP contribution in [0.3, 0.4) is 0 Å². The van der Waals surface area contributed by atoms with Crippen LogP contribution in [-0.2, 0) is 0 Å². The van der Waals surface area contributed by atoms with E-state index in [9.17, 15) is 0 Å². The molecular formula is C17H21BrN2S. The van der Waals surface area contributed by atoms with Crippen molar-refractivity contribution in [1.82, 2.24) is 10.2 Å². The number of nitrogens with one attached hydrogen (secondary N) is 1. The molecule has 1 atom stereocenters. The van der Waals surface area contributed by atoms with Gasteiger partial charge < -0.3 is 5.32 Å². The number of benzene rings is 1. The molecule has 112 valence electrons. The Kier molecular flexibility index (Phi) is 5.11. The summed E-state index contributed by atoms with van der Waals surface area (Å²) in [6.07, 6.45) is 1.22. The smallest absolute Gasteiger partial charge is 0.0696 e. The second kappa shape index (κ2) is 7.05. The molecule has 21 heavy (non-hydrogen) atoms. The molecule has 3 rings (SSSR count). The fourth-order valence-electron chi connectivity index (χ4n) is 2.92. The summed E-state index contributed by atoms with van der Waals surface area (Å²) in [6.45, 7) is 6.66. The van der Waals surface area contributed by atoms with Crippen LogP contribution in [0, 0.1) is 6.92 Å². The monoisotopic (exact) mass is 364 g/mol. The fraction of sp³-hybridized carbons (Fsp3) is 0.412. The lowest BCUT2D eigenvalue weighted by Gasteiger charge is -2.30. The number of halogens is 1. The van der Waals surface area contributed by atoms with Gasteiger partial charge in [0.05, 0.1) is 6.04 Å². The third-order valence-electron chi connectivity index (χ3n) is 3.95. The lowest BCUT2D eigenvalue weighted by Crippen LogP contribution is -2.32. The summed E-state index contributed by atoms with van der Waals surface area (Å²) >= 11 is 5.43. The lowest BCUT2D eigenvalue weighted by atomic mass is 10.0. The molecule has 1 saturated heterocycles. The summed E-state index contributed by atoms with van der Waals surface area (Å²) in [7, 11) is 0. The van der Waals surface area contributed by atoms with Crippen molar-refractivity contribution in [2.24, 2.45) is 0 Å². The van der Waals surface area contributed by atoms with Gasteiger partial charge in [0.15, 0.2) is 0 Å². The van der Waals surface area contributed by atoms with Crippen LogP contribution in [0.25, 0.3) is 0 Å². The molecule has 1 aromatic heterocycles. The van der Waals surface area contributed by atoms with Crippen molar-refractivity contribution in [2.45, 2.75) is 19.4 Å². The molecular weight excluding hydrogens is 344 g/mol. The van der Waals surface area contributed by atoms with E-state index in [-0.39, 0.29) is 0 Å². The molecule has 1 N–H and O–H groups in total. The van der Waals surface area contributed by atoms with Gasteiger partial charge in [-0.15, -0.1) is 11.3 Å². The summed E-state index contributed by atoms with van der Waals surface area (Å²) in [5, 5.41) is 5.76. The van der Waals surface area contributed by atoms with Gasteiger partial charge in [-0.25, -0.2) is 0 Å². The second-order valence-electron chi connectivity index (χ2n) is 5.62. The minimum absolute atomic E-state index is 0.386. The second-order valence-corrected chi connectivity index (χ2v) is 7.48. The van der Waals surface area contributed by atoms with Gasteiger partial charge in [0.2, 0.25) is 0 Å². The Morgan fingerprint density at radius 2 is 2.00 bits per heavy atom. The van der Waals surface area contributed by atoms with Crippen molar-refractivity contribution in [3.63, 3.8) is 0 Å². The number of aryl methyl sites for hydroxylation is 1. The Morgan fingerprint density at radius 1 is 1.19 bits per heavy atom. The van der Waals surface area contributed by atoms with Crippen LogP contribution in [0.15, 0.2) is 40.2 Å². The van der Waals surface area contributed by atoms with Gasteiger partial charge in [0, 0.05) is 29.0 Å². The predicted octanol–water partition coefficient (Wildman–Crippen LogP) is 4.20. The highest BCUT2D eigenvalue weighted by Gasteiger charge is 2.24. The summed E-state index contributed by atoms with van der Waals surface area (Å²) < 4.78 is 1.14. The first-order chi connectivity index (χ1) is 10.2. The van der Waals surface area contributed by atoms with Crippen LogP contribution in [0.2, 0.25) is 0 Å². The summed E-state index contributed by atoms with van der Waals surface area (Å²) in [5.41, 5.74) is 2.76. The normalized spacial score (nSPS) is 18.4. The van der Waals surface area contributed by atoms with E-state index in [0.717, 1.165) is 30.7 Å². The van der Waals surface area contributed by atoms with Crippen LogP contribution in [0.1, 0.15) is 28.5 Å². The van der Waals surface area contributed by atoms with E-state index in [2.05, 4.69) is 68.8 Å². The zero-order valence-electron chi connectivity index (χ0n) is 12.3. The van der Waals surface area contributed by atoms with Crippen molar-refractivity contribution in [1.29, 1.82) is 0 Å². The maximum atomic E-state index is 3.54. The maximum Gasteiger partial charge on any atom is 0.0696 e. The molecule has 4 heteroatoms. The van der Waals surface area contributed by atoms with E-state index in [4.69, 9.17) is 0 Å². The molecule has 1 aromatic carbocycles. The molecule has 2 nitrogen and oxygen atoms in total. The zero-order valence-corrected chi connectivity index (χ0v) is 14.7. The van der Waals surface area contributed by atoms with Crippen LogP contribution in [0.5, 0.6) is 0 Å². The molecule has 2 aromatic rings. The zero-order chi connectivity index (χ0) is 14.7. The van der Waals surface area contributed by atoms with E-state index < -0.39 is 0 Å². The largest absolute Gasteiger partial charge is 0.315 e. The van der Waals surface area contributed by atoms with Crippen molar-refractivity contribution in [2.75, 3.05) is 26.2 Å². The summed E-state index contributed by atoms with van der Waals surface area (Å²) in [6, 6.07) is 11.5. The predicted molar refractivity (Wildman–Crippen MR) is 94.1 cm³/mol. The lowest BCUT2D eigenvalue weighted by molar-refractivity contribution is 0.244. The SMILES string of the molecule is Cc1csc(C(c2ccc(Br)cc2)N2CCCNCC2)c1. The van der Waals surface area contributed by atoms with Gasteiger partial charge in [-0.05, 0) is 54.6 Å². The average Bonchev–Trinajstić information content (AvgIpc) is 2.74. The Hall–Kier alpha value is -0.680. The molecule has 0 aliphatic carbocycles. The number of thiophene rings is 1. The van der Waals surface area contributed by atoms with Gasteiger partial charge >= 0.3 is 0 Å². The van der Waals surface area contributed by atoms with Crippen molar-refractivity contribution in [3.8, 4) is 0 Å². The molecule has 1 fully saturated rings. The molecule has 0 spiro atoms. The first kappa shape index (κ1) is 15.2.